The summed E-state index contributed by atoms with van der Waals surface area (Å²) in [6.45, 7) is 2.05. The number of anilines is 1. The number of fused-ring (bicyclic) bond motifs is 1. The number of hydrogen-bond donors (Lipinski definition) is 3. The number of carbonyl (C=O) groups is 1. The summed E-state index contributed by atoms with van der Waals surface area (Å²) in [6.07, 6.45) is 4.87. The highest BCUT2D eigenvalue weighted by atomic mass is 35.5. The molecule has 1 saturated carbocycles. The first-order chi connectivity index (χ1) is 12.2. The SMILES string of the molecule is Cl.Cl.O=C(Nc1ccc2nc(-c3ccco3)[nH]c2c1)C1CC12CCNCC2. The molecule has 6 nitrogen and oxygen atoms in total. The van der Waals surface area contributed by atoms with Crippen molar-refractivity contribution in [1.82, 2.24) is 15.3 Å². The number of halogens is 2. The van der Waals surface area contributed by atoms with Gasteiger partial charge in [-0.3, -0.25) is 4.79 Å². The van der Waals surface area contributed by atoms with Gasteiger partial charge in [-0.05, 0) is 68.1 Å². The van der Waals surface area contributed by atoms with Crippen molar-refractivity contribution in [3.63, 3.8) is 0 Å². The van der Waals surface area contributed by atoms with E-state index < -0.39 is 0 Å². The summed E-state index contributed by atoms with van der Waals surface area (Å²) in [5, 5.41) is 6.45. The number of aromatic amines is 1. The molecule has 1 aliphatic heterocycles. The molecular weight excluding hydrogens is 387 g/mol. The Morgan fingerprint density at radius 3 is 2.78 bits per heavy atom. The molecule has 1 aromatic carbocycles. The molecule has 0 bridgehead atoms. The van der Waals surface area contributed by atoms with Crippen LogP contribution in [0.1, 0.15) is 19.3 Å². The predicted molar refractivity (Wildman–Crippen MR) is 110 cm³/mol. The third-order valence-corrected chi connectivity index (χ3v) is 5.61. The lowest BCUT2D eigenvalue weighted by atomic mass is 9.92. The minimum Gasteiger partial charge on any atom is -0.461 e. The number of nitrogens with one attached hydrogen (secondary N) is 3. The van der Waals surface area contributed by atoms with E-state index in [9.17, 15) is 4.79 Å². The Morgan fingerprint density at radius 1 is 1.22 bits per heavy atom. The maximum absolute atomic E-state index is 12.6. The van der Waals surface area contributed by atoms with Crippen LogP contribution in [0, 0.1) is 11.3 Å². The molecule has 5 rings (SSSR count). The van der Waals surface area contributed by atoms with Crippen LogP contribution in [0.3, 0.4) is 0 Å². The highest BCUT2D eigenvalue weighted by Gasteiger charge is 2.57. The van der Waals surface area contributed by atoms with Gasteiger partial charge in [-0.1, -0.05) is 0 Å². The Kier molecular flexibility index (Phi) is 5.51. The molecule has 1 saturated heterocycles. The number of rotatable bonds is 3. The van der Waals surface area contributed by atoms with E-state index in [2.05, 4.69) is 20.6 Å². The number of nitrogens with zero attached hydrogens (tertiary/aromatic N) is 1. The van der Waals surface area contributed by atoms with Crippen LogP contribution in [-0.4, -0.2) is 29.0 Å². The van der Waals surface area contributed by atoms with Gasteiger partial charge in [-0.25, -0.2) is 4.98 Å². The number of benzene rings is 1. The number of amides is 1. The second-order valence-electron chi connectivity index (χ2n) is 7.15. The number of aromatic nitrogens is 2. The summed E-state index contributed by atoms with van der Waals surface area (Å²) in [5.41, 5.74) is 2.80. The van der Waals surface area contributed by atoms with Crippen LogP contribution in [-0.2, 0) is 4.79 Å². The molecule has 3 heterocycles. The fourth-order valence-corrected chi connectivity index (χ4v) is 4.04. The molecule has 8 heteroatoms. The van der Waals surface area contributed by atoms with Crippen molar-refractivity contribution >= 4 is 47.4 Å². The first kappa shape index (κ1) is 19.7. The number of hydrogen-bond acceptors (Lipinski definition) is 4. The van der Waals surface area contributed by atoms with Crippen LogP contribution in [0.5, 0.6) is 0 Å². The highest BCUT2D eigenvalue weighted by Crippen LogP contribution is 2.58. The second kappa shape index (κ2) is 7.54. The molecule has 1 spiro atoms. The molecule has 3 N–H and O–H groups in total. The minimum absolute atomic E-state index is 0. The van der Waals surface area contributed by atoms with Gasteiger partial charge in [0.25, 0.3) is 0 Å². The van der Waals surface area contributed by atoms with Crippen LogP contribution in [0.25, 0.3) is 22.6 Å². The van der Waals surface area contributed by atoms with Crippen molar-refractivity contribution in [2.24, 2.45) is 11.3 Å². The predicted octanol–water partition coefficient (Wildman–Crippen LogP) is 3.99. The van der Waals surface area contributed by atoms with Gasteiger partial charge >= 0.3 is 0 Å². The van der Waals surface area contributed by atoms with Crippen molar-refractivity contribution < 1.29 is 9.21 Å². The lowest BCUT2D eigenvalue weighted by molar-refractivity contribution is -0.118. The molecule has 3 aromatic rings. The van der Waals surface area contributed by atoms with E-state index in [4.69, 9.17) is 4.42 Å². The minimum atomic E-state index is 0. The maximum Gasteiger partial charge on any atom is 0.228 e. The fraction of sp³-hybridized carbons (Fsp3) is 0.368. The highest BCUT2D eigenvalue weighted by molar-refractivity contribution is 5.96. The second-order valence-corrected chi connectivity index (χ2v) is 7.15. The first-order valence-electron chi connectivity index (χ1n) is 8.79. The molecule has 2 fully saturated rings. The van der Waals surface area contributed by atoms with Gasteiger partial charge < -0.3 is 20.0 Å². The lowest BCUT2D eigenvalue weighted by Crippen LogP contribution is -2.31. The van der Waals surface area contributed by atoms with Gasteiger partial charge in [0.1, 0.15) is 0 Å². The van der Waals surface area contributed by atoms with Crippen molar-refractivity contribution in [2.45, 2.75) is 19.3 Å². The molecule has 1 atom stereocenters. The Morgan fingerprint density at radius 2 is 2.04 bits per heavy atom. The van der Waals surface area contributed by atoms with E-state index in [-0.39, 0.29) is 42.1 Å². The molecule has 2 aromatic heterocycles. The summed E-state index contributed by atoms with van der Waals surface area (Å²) in [4.78, 5) is 20.4. The summed E-state index contributed by atoms with van der Waals surface area (Å²) < 4.78 is 5.38. The van der Waals surface area contributed by atoms with Crippen LogP contribution in [0.4, 0.5) is 5.69 Å². The molecule has 1 amide bonds. The summed E-state index contributed by atoms with van der Waals surface area (Å²) in [7, 11) is 0. The topological polar surface area (TPSA) is 83.0 Å². The van der Waals surface area contributed by atoms with Gasteiger partial charge in [0.05, 0.1) is 17.3 Å². The number of furan rings is 1. The van der Waals surface area contributed by atoms with E-state index in [0.717, 1.165) is 49.1 Å². The Balaban J connectivity index is 0.00000105. The molecule has 27 heavy (non-hydrogen) atoms. The summed E-state index contributed by atoms with van der Waals surface area (Å²) in [5.74, 6) is 1.70. The van der Waals surface area contributed by atoms with E-state index in [0.29, 0.717) is 11.6 Å². The zero-order chi connectivity index (χ0) is 16.9. The monoisotopic (exact) mass is 408 g/mol. The lowest BCUT2D eigenvalue weighted by Gasteiger charge is -2.23. The van der Waals surface area contributed by atoms with Crippen molar-refractivity contribution in [3.8, 4) is 11.6 Å². The van der Waals surface area contributed by atoms with Gasteiger partial charge in [-0.15, -0.1) is 24.8 Å². The van der Waals surface area contributed by atoms with E-state index in [1.54, 1.807) is 6.26 Å². The van der Waals surface area contributed by atoms with Gasteiger partial charge in [0, 0.05) is 11.6 Å². The van der Waals surface area contributed by atoms with Crippen LogP contribution < -0.4 is 10.6 Å². The van der Waals surface area contributed by atoms with Gasteiger partial charge in [-0.2, -0.15) is 0 Å². The average molecular weight is 409 g/mol. The fourth-order valence-electron chi connectivity index (χ4n) is 4.04. The van der Waals surface area contributed by atoms with Gasteiger partial charge in [0.2, 0.25) is 5.91 Å². The maximum atomic E-state index is 12.6. The molecule has 1 unspecified atom stereocenters. The smallest absolute Gasteiger partial charge is 0.228 e. The molecule has 1 aliphatic carbocycles. The number of piperidine rings is 1. The van der Waals surface area contributed by atoms with Crippen molar-refractivity contribution in [2.75, 3.05) is 18.4 Å². The van der Waals surface area contributed by atoms with E-state index >= 15 is 0 Å². The normalized spacial score (nSPS) is 19.9. The Hall–Kier alpha value is -2.02. The Bertz CT molecular complexity index is 932. The van der Waals surface area contributed by atoms with Crippen LogP contribution >= 0.6 is 24.8 Å². The zero-order valence-electron chi connectivity index (χ0n) is 14.7. The van der Waals surface area contributed by atoms with Crippen molar-refractivity contribution in [3.05, 3.63) is 36.6 Å². The number of H-pyrrole nitrogens is 1. The van der Waals surface area contributed by atoms with Crippen LogP contribution in [0.2, 0.25) is 0 Å². The molecule has 144 valence electrons. The van der Waals surface area contributed by atoms with Crippen molar-refractivity contribution in [1.29, 1.82) is 0 Å². The molecule has 0 radical (unpaired) electrons. The average Bonchev–Trinajstić information content (AvgIpc) is 3.02. The third-order valence-electron chi connectivity index (χ3n) is 5.61. The number of carbonyl (C=O) groups excluding carboxylic acids is 1. The van der Waals surface area contributed by atoms with Gasteiger partial charge in [0.15, 0.2) is 11.6 Å². The number of imidazole rings is 1. The molecule has 2 aliphatic rings. The summed E-state index contributed by atoms with van der Waals surface area (Å²) >= 11 is 0. The summed E-state index contributed by atoms with van der Waals surface area (Å²) in [6, 6.07) is 9.46. The quantitative estimate of drug-likeness (QED) is 0.611. The molecular formula is C19H22Cl2N4O2. The largest absolute Gasteiger partial charge is 0.461 e. The third kappa shape index (κ3) is 3.57. The van der Waals surface area contributed by atoms with Crippen LogP contribution in [0.15, 0.2) is 41.0 Å². The van der Waals surface area contributed by atoms with E-state index in [1.165, 1.54) is 0 Å². The Labute approximate surface area is 169 Å². The van der Waals surface area contributed by atoms with E-state index in [1.807, 2.05) is 30.3 Å². The standard InChI is InChI=1S/C19H20N4O2.2ClH/c24-18(13-11-19(13)5-7-20-8-6-19)21-12-3-4-14-15(10-12)23-17(22-14)16-2-1-9-25-16;;/h1-4,9-10,13,20H,5-8,11H2,(H,21,24)(H,22,23);2*1H. The first-order valence-corrected chi connectivity index (χ1v) is 8.79. The zero-order valence-corrected chi connectivity index (χ0v) is 16.3.